The van der Waals surface area contributed by atoms with Crippen LogP contribution in [0.2, 0.25) is 10.0 Å². The first-order valence-corrected chi connectivity index (χ1v) is 10.3. The number of halogens is 2. The molecule has 27 heavy (non-hydrogen) atoms. The summed E-state index contributed by atoms with van der Waals surface area (Å²) in [6.07, 6.45) is 1.30. The summed E-state index contributed by atoms with van der Waals surface area (Å²) in [5.74, 6) is 0.0132. The van der Waals surface area contributed by atoms with E-state index in [1.54, 1.807) is 35.4 Å². The fraction of sp³-hybridized carbons (Fsp3) is 0.238. The first-order chi connectivity index (χ1) is 13.0. The SMILES string of the molecule is CCc1ccc(-c2nc(CC(=O)N(C)Cc3ccc(Cl)c(Cl)c3)cs2)cc1. The van der Waals surface area contributed by atoms with E-state index in [1.165, 1.54) is 5.56 Å². The monoisotopic (exact) mass is 418 g/mol. The summed E-state index contributed by atoms with van der Waals surface area (Å²) in [6.45, 7) is 2.61. The normalized spacial score (nSPS) is 10.8. The second-order valence-electron chi connectivity index (χ2n) is 6.37. The third-order valence-electron chi connectivity index (χ3n) is 4.32. The number of likely N-dealkylation sites (N-methyl/N-ethyl adjacent to an activating group) is 1. The van der Waals surface area contributed by atoms with Gasteiger partial charge in [-0.2, -0.15) is 0 Å². The number of carbonyl (C=O) groups excluding carboxylic acids is 1. The maximum Gasteiger partial charge on any atom is 0.228 e. The highest BCUT2D eigenvalue weighted by Gasteiger charge is 2.14. The van der Waals surface area contributed by atoms with Gasteiger partial charge in [0.1, 0.15) is 5.01 Å². The van der Waals surface area contributed by atoms with E-state index < -0.39 is 0 Å². The first kappa shape index (κ1) is 19.9. The van der Waals surface area contributed by atoms with Crippen LogP contribution in [0.3, 0.4) is 0 Å². The van der Waals surface area contributed by atoms with Crippen molar-refractivity contribution in [3.8, 4) is 10.6 Å². The van der Waals surface area contributed by atoms with Crippen LogP contribution < -0.4 is 0 Å². The van der Waals surface area contributed by atoms with Crippen LogP contribution in [-0.4, -0.2) is 22.8 Å². The zero-order valence-corrected chi connectivity index (χ0v) is 17.5. The topological polar surface area (TPSA) is 33.2 Å². The standard InChI is InChI=1S/C21H20Cl2N2OS/c1-3-14-4-7-16(8-5-14)21-24-17(13-27-21)11-20(26)25(2)12-15-6-9-18(22)19(23)10-15/h4-10,13H,3,11-12H2,1-2H3. The van der Waals surface area contributed by atoms with Crippen molar-refractivity contribution in [2.75, 3.05) is 7.05 Å². The third-order valence-corrected chi connectivity index (χ3v) is 6.00. The molecule has 0 N–H and O–H groups in total. The molecule has 0 aliphatic rings. The molecule has 0 aliphatic carbocycles. The van der Waals surface area contributed by atoms with Crippen molar-refractivity contribution in [1.29, 1.82) is 0 Å². The van der Waals surface area contributed by atoms with Crippen molar-refractivity contribution in [2.45, 2.75) is 26.3 Å². The molecule has 1 amide bonds. The second-order valence-corrected chi connectivity index (χ2v) is 8.04. The molecule has 0 spiro atoms. The molecular formula is C21H20Cl2N2OS. The molecule has 2 aromatic carbocycles. The van der Waals surface area contributed by atoms with Gasteiger partial charge in [0, 0.05) is 24.5 Å². The Hall–Kier alpha value is -1.88. The van der Waals surface area contributed by atoms with Crippen LogP contribution in [0.25, 0.3) is 10.6 Å². The smallest absolute Gasteiger partial charge is 0.228 e. The van der Waals surface area contributed by atoms with Crippen LogP contribution in [-0.2, 0) is 24.2 Å². The molecule has 3 rings (SSSR count). The number of amides is 1. The van der Waals surface area contributed by atoms with Crippen molar-refractivity contribution < 1.29 is 4.79 Å². The maximum atomic E-state index is 12.5. The summed E-state index contributed by atoms with van der Waals surface area (Å²) in [5.41, 5.74) is 4.12. The minimum absolute atomic E-state index is 0.0132. The Morgan fingerprint density at radius 2 is 1.78 bits per heavy atom. The number of aryl methyl sites for hydroxylation is 1. The lowest BCUT2D eigenvalue weighted by atomic mass is 10.1. The van der Waals surface area contributed by atoms with Gasteiger partial charge in [0.15, 0.2) is 0 Å². The molecule has 0 aliphatic heterocycles. The fourth-order valence-electron chi connectivity index (χ4n) is 2.69. The summed E-state index contributed by atoms with van der Waals surface area (Å²) in [7, 11) is 1.78. The zero-order valence-electron chi connectivity index (χ0n) is 15.2. The van der Waals surface area contributed by atoms with E-state index in [1.807, 2.05) is 11.4 Å². The molecule has 0 bridgehead atoms. The van der Waals surface area contributed by atoms with Gasteiger partial charge in [0.2, 0.25) is 5.91 Å². The predicted molar refractivity (Wildman–Crippen MR) is 114 cm³/mol. The Labute approximate surface area is 173 Å². The molecule has 0 radical (unpaired) electrons. The molecule has 140 valence electrons. The van der Waals surface area contributed by atoms with Crippen LogP contribution in [0.5, 0.6) is 0 Å². The number of carbonyl (C=O) groups is 1. The van der Waals surface area contributed by atoms with Crippen LogP contribution in [0.1, 0.15) is 23.7 Å². The van der Waals surface area contributed by atoms with Gasteiger partial charge in [-0.1, -0.05) is 60.5 Å². The lowest BCUT2D eigenvalue weighted by molar-refractivity contribution is -0.129. The largest absolute Gasteiger partial charge is 0.341 e. The Kier molecular flexibility index (Phi) is 6.53. The number of hydrogen-bond donors (Lipinski definition) is 0. The first-order valence-electron chi connectivity index (χ1n) is 8.68. The summed E-state index contributed by atoms with van der Waals surface area (Å²) in [4.78, 5) is 18.8. The highest BCUT2D eigenvalue weighted by Crippen LogP contribution is 2.25. The van der Waals surface area contributed by atoms with Crippen LogP contribution in [0, 0.1) is 0 Å². The van der Waals surface area contributed by atoms with E-state index in [-0.39, 0.29) is 12.3 Å². The Morgan fingerprint density at radius 3 is 2.44 bits per heavy atom. The number of thiazole rings is 1. The Bertz CT molecular complexity index is 938. The van der Waals surface area contributed by atoms with E-state index in [2.05, 4.69) is 36.2 Å². The quantitative estimate of drug-likeness (QED) is 0.500. The van der Waals surface area contributed by atoms with Crippen molar-refractivity contribution in [3.63, 3.8) is 0 Å². The lowest BCUT2D eigenvalue weighted by Crippen LogP contribution is -2.27. The van der Waals surface area contributed by atoms with Gasteiger partial charge in [0.05, 0.1) is 22.2 Å². The van der Waals surface area contributed by atoms with Gasteiger partial charge in [0.25, 0.3) is 0 Å². The average Bonchev–Trinajstić information content (AvgIpc) is 3.13. The fourth-order valence-corrected chi connectivity index (χ4v) is 3.84. The van der Waals surface area contributed by atoms with Gasteiger partial charge in [-0.25, -0.2) is 4.98 Å². The number of benzene rings is 2. The van der Waals surface area contributed by atoms with Crippen molar-refractivity contribution >= 4 is 40.4 Å². The summed E-state index contributed by atoms with van der Waals surface area (Å²) in [6, 6.07) is 13.8. The number of nitrogens with zero attached hydrogens (tertiary/aromatic N) is 2. The van der Waals surface area contributed by atoms with Gasteiger partial charge >= 0.3 is 0 Å². The van der Waals surface area contributed by atoms with Crippen LogP contribution in [0.15, 0.2) is 47.8 Å². The molecule has 6 heteroatoms. The van der Waals surface area contributed by atoms with Crippen molar-refractivity contribution in [3.05, 3.63) is 74.7 Å². The Balaban J connectivity index is 1.63. The molecule has 1 heterocycles. The summed E-state index contributed by atoms with van der Waals surface area (Å²) < 4.78 is 0. The van der Waals surface area contributed by atoms with Gasteiger partial charge < -0.3 is 4.90 Å². The van der Waals surface area contributed by atoms with E-state index in [4.69, 9.17) is 23.2 Å². The lowest BCUT2D eigenvalue weighted by Gasteiger charge is -2.17. The highest BCUT2D eigenvalue weighted by molar-refractivity contribution is 7.13. The minimum atomic E-state index is 0.0132. The molecule has 3 aromatic rings. The maximum absolute atomic E-state index is 12.5. The molecule has 0 atom stereocenters. The number of rotatable bonds is 6. The molecule has 1 aromatic heterocycles. The average molecular weight is 419 g/mol. The van der Waals surface area contributed by atoms with Crippen LogP contribution >= 0.6 is 34.5 Å². The molecule has 0 unspecified atom stereocenters. The molecular weight excluding hydrogens is 399 g/mol. The van der Waals surface area contributed by atoms with Crippen molar-refractivity contribution in [1.82, 2.24) is 9.88 Å². The second kappa shape index (κ2) is 8.87. The number of hydrogen-bond acceptors (Lipinski definition) is 3. The highest BCUT2D eigenvalue weighted by atomic mass is 35.5. The van der Waals surface area contributed by atoms with E-state index in [0.29, 0.717) is 16.6 Å². The van der Waals surface area contributed by atoms with Gasteiger partial charge in [-0.15, -0.1) is 11.3 Å². The van der Waals surface area contributed by atoms with Crippen LogP contribution in [0.4, 0.5) is 0 Å². The molecule has 0 fully saturated rings. The summed E-state index contributed by atoms with van der Waals surface area (Å²) in [5, 5.41) is 3.89. The Morgan fingerprint density at radius 1 is 1.07 bits per heavy atom. The molecule has 0 saturated carbocycles. The molecule has 0 saturated heterocycles. The number of aromatic nitrogens is 1. The minimum Gasteiger partial charge on any atom is -0.341 e. The van der Waals surface area contributed by atoms with Gasteiger partial charge in [-0.3, -0.25) is 4.79 Å². The van der Waals surface area contributed by atoms with Crippen molar-refractivity contribution in [2.24, 2.45) is 0 Å². The molecule has 3 nitrogen and oxygen atoms in total. The third kappa shape index (κ3) is 5.10. The predicted octanol–water partition coefficient (Wildman–Crippen LogP) is 5.88. The van der Waals surface area contributed by atoms with E-state index in [9.17, 15) is 4.79 Å². The summed E-state index contributed by atoms with van der Waals surface area (Å²) >= 11 is 13.5. The van der Waals surface area contributed by atoms with Gasteiger partial charge in [-0.05, 0) is 29.7 Å². The van der Waals surface area contributed by atoms with E-state index in [0.717, 1.165) is 28.2 Å². The van der Waals surface area contributed by atoms with E-state index >= 15 is 0 Å². The zero-order chi connectivity index (χ0) is 19.4.